The summed E-state index contributed by atoms with van der Waals surface area (Å²) in [6.45, 7) is 0.340. The molecule has 0 fully saturated rings. The summed E-state index contributed by atoms with van der Waals surface area (Å²) >= 11 is 0. The summed E-state index contributed by atoms with van der Waals surface area (Å²) in [7, 11) is 0. The Morgan fingerprint density at radius 1 is 1.25 bits per heavy atom. The van der Waals surface area contributed by atoms with E-state index in [0.29, 0.717) is 11.6 Å². The van der Waals surface area contributed by atoms with Gasteiger partial charge in [0.1, 0.15) is 5.82 Å². The molecular formula is C15H14N4O. The van der Waals surface area contributed by atoms with Crippen molar-refractivity contribution in [1.29, 1.82) is 0 Å². The Morgan fingerprint density at radius 2 is 2.05 bits per heavy atom. The number of anilines is 1. The smallest absolute Gasteiger partial charge is 0.240 e. The average molecular weight is 266 g/mol. The Bertz CT molecular complexity index is 619. The molecule has 0 spiro atoms. The third-order valence-electron chi connectivity index (χ3n) is 2.51. The number of amides is 1. The van der Waals surface area contributed by atoms with Crippen molar-refractivity contribution in [3.8, 4) is 23.7 Å². The quantitative estimate of drug-likeness (QED) is 0.801. The normalized spacial score (nSPS) is 9.55. The zero-order chi connectivity index (χ0) is 14.2. The molecule has 0 aliphatic carbocycles. The maximum atomic E-state index is 11.4. The van der Waals surface area contributed by atoms with E-state index in [-0.39, 0.29) is 19.0 Å². The van der Waals surface area contributed by atoms with Crippen molar-refractivity contribution in [3.05, 3.63) is 42.6 Å². The Labute approximate surface area is 117 Å². The number of carbonyl (C=O) groups is 1. The Balaban J connectivity index is 2.00. The molecule has 1 heterocycles. The summed E-state index contributed by atoms with van der Waals surface area (Å²) in [4.78, 5) is 20.0. The van der Waals surface area contributed by atoms with E-state index in [1.54, 1.807) is 12.3 Å². The van der Waals surface area contributed by atoms with E-state index >= 15 is 0 Å². The van der Waals surface area contributed by atoms with Crippen LogP contribution < -0.4 is 10.6 Å². The maximum absolute atomic E-state index is 11.4. The predicted octanol–water partition coefficient (Wildman–Crippen LogP) is 1.30. The van der Waals surface area contributed by atoms with Crippen LogP contribution in [0.15, 0.2) is 42.6 Å². The highest BCUT2D eigenvalue weighted by molar-refractivity contribution is 5.80. The van der Waals surface area contributed by atoms with E-state index in [1.807, 2.05) is 30.3 Å². The van der Waals surface area contributed by atoms with Crippen molar-refractivity contribution < 1.29 is 4.79 Å². The lowest BCUT2D eigenvalue weighted by Crippen LogP contribution is -2.30. The zero-order valence-corrected chi connectivity index (χ0v) is 10.8. The van der Waals surface area contributed by atoms with Gasteiger partial charge in [0, 0.05) is 11.8 Å². The van der Waals surface area contributed by atoms with Crippen LogP contribution in [0.4, 0.5) is 5.82 Å². The maximum Gasteiger partial charge on any atom is 0.240 e. The predicted molar refractivity (Wildman–Crippen MR) is 77.8 cm³/mol. The number of carbonyl (C=O) groups excluding carboxylic acids is 1. The highest BCUT2D eigenvalue weighted by Gasteiger charge is 2.03. The molecule has 0 aliphatic heterocycles. The van der Waals surface area contributed by atoms with Gasteiger partial charge in [0.25, 0.3) is 0 Å². The molecular weight excluding hydrogens is 252 g/mol. The summed E-state index contributed by atoms with van der Waals surface area (Å²) in [6, 6.07) is 11.3. The van der Waals surface area contributed by atoms with Gasteiger partial charge in [0.15, 0.2) is 5.82 Å². The second kappa shape index (κ2) is 6.90. The van der Waals surface area contributed by atoms with Crippen LogP contribution in [0.5, 0.6) is 0 Å². The molecule has 2 aromatic rings. The molecule has 1 aromatic heterocycles. The Hall–Kier alpha value is -2.87. The molecule has 20 heavy (non-hydrogen) atoms. The fourth-order valence-corrected chi connectivity index (χ4v) is 1.57. The van der Waals surface area contributed by atoms with Crippen LogP contribution in [0.2, 0.25) is 0 Å². The molecule has 5 heteroatoms. The number of benzene rings is 1. The largest absolute Gasteiger partial charge is 0.361 e. The Kier molecular flexibility index (Phi) is 4.68. The molecule has 0 bridgehead atoms. The second-order valence-electron chi connectivity index (χ2n) is 3.97. The number of terminal acetylenes is 1. The number of aromatic nitrogens is 2. The summed E-state index contributed by atoms with van der Waals surface area (Å²) in [5.41, 5.74) is 0.924. The van der Waals surface area contributed by atoms with Gasteiger partial charge in [-0.25, -0.2) is 9.97 Å². The first-order valence-electron chi connectivity index (χ1n) is 6.12. The van der Waals surface area contributed by atoms with Crippen LogP contribution in [-0.2, 0) is 4.79 Å². The van der Waals surface area contributed by atoms with Crippen LogP contribution in [0, 0.1) is 12.3 Å². The average Bonchev–Trinajstić information content (AvgIpc) is 2.52. The monoisotopic (exact) mass is 266 g/mol. The van der Waals surface area contributed by atoms with Crippen molar-refractivity contribution in [2.45, 2.75) is 0 Å². The number of hydrogen-bond donors (Lipinski definition) is 2. The molecule has 0 aliphatic rings. The molecule has 0 unspecified atom stereocenters. The molecule has 0 atom stereocenters. The van der Waals surface area contributed by atoms with Crippen molar-refractivity contribution >= 4 is 11.7 Å². The van der Waals surface area contributed by atoms with E-state index in [0.717, 1.165) is 5.56 Å². The minimum absolute atomic E-state index is 0.118. The molecule has 0 radical (unpaired) electrons. The van der Waals surface area contributed by atoms with E-state index in [9.17, 15) is 4.79 Å². The van der Waals surface area contributed by atoms with E-state index in [2.05, 4.69) is 26.5 Å². The first-order chi connectivity index (χ1) is 9.79. The van der Waals surface area contributed by atoms with Gasteiger partial charge in [-0.05, 0) is 6.07 Å². The molecule has 1 aromatic carbocycles. The van der Waals surface area contributed by atoms with E-state index in [4.69, 9.17) is 6.42 Å². The van der Waals surface area contributed by atoms with Gasteiger partial charge in [-0.15, -0.1) is 6.42 Å². The summed E-state index contributed by atoms with van der Waals surface area (Å²) in [5, 5.41) is 5.50. The SMILES string of the molecule is C#CCNC(=O)CNc1ccnc(-c2ccccc2)n1. The summed E-state index contributed by atoms with van der Waals surface area (Å²) in [5.74, 6) is 3.37. The molecule has 5 nitrogen and oxygen atoms in total. The van der Waals surface area contributed by atoms with Gasteiger partial charge in [-0.1, -0.05) is 36.3 Å². The van der Waals surface area contributed by atoms with E-state index in [1.165, 1.54) is 0 Å². The number of hydrogen-bond acceptors (Lipinski definition) is 4. The minimum Gasteiger partial charge on any atom is -0.361 e. The number of rotatable bonds is 5. The third kappa shape index (κ3) is 3.82. The van der Waals surface area contributed by atoms with Gasteiger partial charge in [-0.2, -0.15) is 0 Å². The zero-order valence-electron chi connectivity index (χ0n) is 10.8. The van der Waals surface area contributed by atoms with Gasteiger partial charge < -0.3 is 10.6 Å². The van der Waals surface area contributed by atoms with Crippen molar-refractivity contribution in [3.63, 3.8) is 0 Å². The fraction of sp³-hybridized carbons (Fsp3) is 0.133. The minimum atomic E-state index is -0.178. The van der Waals surface area contributed by atoms with E-state index < -0.39 is 0 Å². The van der Waals surface area contributed by atoms with Crippen molar-refractivity contribution in [1.82, 2.24) is 15.3 Å². The molecule has 0 saturated carbocycles. The highest BCUT2D eigenvalue weighted by atomic mass is 16.1. The standard InChI is InChI=1S/C15H14N4O/c1-2-9-16-14(20)11-18-13-8-10-17-15(19-13)12-6-4-3-5-7-12/h1,3-8,10H,9,11H2,(H,16,20)(H,17,18,19). The van der Waals surface area contributed by atoms with Crippen LogP contribution >= 0.6 is 0 Å². The van der Waals surface area contributed by atoms with Crippen LogP contribution in [0.3, 0.4) is 0 Å². The lowest BCUT2D eigenvalue weighted by atomic mass is 10.2. The van der Waals surface area contributed by atoms with Gasteiger partial charge >= 0.3 is 0 Å². The number of nitrogens with zero attached hydrogens (tertiary/aromatic N) is 2. The van der Waals surface area contributed by atoms with Crippen molar-refractivity contribution in [2.75, 3.05) is 18.4 Å². The Morgan fingerprint density at radius 3 is 2.80 bits per heavy atom. The highest BCUT2D eigenvalue weighted by Crippen LogP contribution is 2.15. The fourth-order valence-electron chi connectivity index (χ4n) is 1.57. The van der Waals surface area contributed by atoms with Gasteiger partial charge in [-0.3, -0.25) is 4.79 Å². The first-order valence-corrected chi connectivity index (χ1v) is 6.12. The van der Waals surface area contributed by atoms with Gasteiger partial charge in [0.05, 0.1) is 13.1 Å². The van der Waals surface area contributed by atoms with Crippen LogP contribution in [0.25, 0.3) is 11.4 Å². The van der Waals surface area contributed by atoms with Crippen molar-refractivity contribution in [2.24, 2.45) is 0 Å². The molecule has 2 rings (SSSR count). The molecule has 1 amide bonds. The number of nitrogens with one attached hydrogen (secondary N) is 2. The third-order valence-corrected chi connectivity index (χ3v) is 2.51. The lowest BCUT2D eigenvalue weighted by molar-refractivity contribution is -0.119. The van der Waals surface area contributed by atoms with Crippen LogP contribution in [-0.4, -0.2) is 29.0 Å². The molecule has 2 N–H and O–H groups in total. The molecule has 100 valence electrons. The molecule has 0 saturated heterocycles. The topological polar surface area (TPSA) is 66.9 Å². The second-order valence-corrected chi connectivity index (χ2v) is 3.97. The summed E-state index contributed by atoms with van der Waals surface area (Å²) in [6.07, 6.45) is 6.71. The van der Waals surface area contributed by atoms with Gasteiger partial charge in [0.2, 0.25) is 5.91 Å². The van der Waals surface area contributed by atoms with Crippen LogP contribution in [0.1, 0.15) is 0 Å². The lowest BCUT2D eigenvalue weighted by Gasteiger charge is -2.06. The first kappa shape index (κ1) is 13.6. The summed E-state index contributed by atoms with van der Waals surface area (Å²) < 4.78 is 0.